The summed E-state index contributed by atoms with van der Waals surface area (Å²) in [5.74, 6) is 0. The fourth-order valence-electron chi connectivity index (χ4n) is 1.17. The Morgan fingerprint density at radius 1 is 1.46 bits per heavy atom. The van der Waals surface area contributed by atoms with Crippen LogP contribution in [-0.2, 0) is 0 Å². The van der Waals surface area contributed by atoms with Crippen molar-refractivity contribution < 1.29 is 0 Å². The zero-order chi connectivity index (χ0) is 9.42. The summed E-state index contributed by atoms with van der Waals surface area (Å²) in [4.78, 5) is 0. The van der Waals surface area contributed by atoms with Gasteiger partial charge in [-0.25, -0.2) is 0 Å². The molecule has 5 heteroatoms. The Kier molecular flexibility index (Phi) is 2.49. The van der Waals surface area contributed by atoms with Gasteiger partial charge in [0.1, 0.15) is 5.50 Å². The van der Waals surface area contributed by atoms with Crippen LogP contribution in [0.1, 0.15) is 16.6 Å². The van der Waals surface area contributed by atoms with E-state index in [1.807, 2.05) is 18.2 Å². The second-order valence-corrected chi connectivity index (χ2v) is 4.34. The maximum absolute atomic E-state index is 5.99. The Bertz CT molecular complexity index is 378. The minimum atomic E-state index is -0.310. The number of fused-ring (bicyclic) bond motifs is 1. The van der Waals surface area contributed by atoms with Crippen LogP contribution in [0.3, 0.4) is 0 Å². The number of hydrogen-bond acceptors (Lipinski definition) is 2. The second-order valence-electron chi connectivity index (χ2n) is 2.63. The molecular weight excluding hydrogens is 275 g/mol. The molecule has 0 spiro atoms. The van der Waals surface area contributed by atoms with E-state index >= 15 is 0 Å². The van der Waals surface area contributed by atoms with Gasteiger partial charge in [-0.15, -0.1) is 0 Å². The van der Waals surface area contributed by atoms with Crippen molar-refractivity contribution in [2.45, 2.75) is 5.50 Å². The summed E-state index contributed by atoms with van der Waals surface area (Å²) in [7, 11) is 0. The van der Waals surface area contributed by atoms with Gasteiger partial charge in [-0.3, -0.25) is 5.43 Å². The molecule has 1 atom stereocenters. The summed E-state index contributed by atoms with van der Waals surface area (Å²) in [6.45, 7) is 0. The van der Waals surface area contributed by atoms with E-state index in [2.05, 4.69) is 26.5 Å². The van der Waals surface area contributed by atoms with Crippen molar-refractivity contribution in [2.75, 3.05) is 0 Å². The molecule has 1 aliphatic rings. The zero-order valence-corrected chi connectivity index (χ0v) is 9.49. The molecule has 2 nitrogen and oxygen atoms in total. The SMILES string of the molecule is ClC1=NNC(Cl)c2cc(Br)ccc21. The van der Waals surface area contributed by atoms with E-state index in [0.29, 0.717) is 5.17 Å². The molecule has 1 unspecified atom stereocenters. The molecule has 2 rings (SSSR count). The van der Waals surface area contributed by atoms with Gasteiger partial charge in [0, 0.05) is 15.6 Å². The van der Waals surface area contributed by atoms with E-state index < -0.39 is 0 Å². The quantitative estimate of drug-likeness (QED) is 0.572. The summed E-state index contributed by atoms with van der Waals surface area (Å²) in [5.41, 5.74) is 4.22. The van der Waals surface area contributed by atoms with Crippen molar-refractivity contribution in [3.05, 3.63) is 33.8 Å². The van der Waals surface area contributed by atoms with Crippen LogP contribution in [0.5, 0.6) is 0 Å². The monoisotopic (exact) mass is 278 g/mol. The number of halogens is 3. The summed E-state index contributed by atoms with van der Waals surface area (Å²) >= 11 is 15.2. The van der Waals surface area contributed by atoms with Crippen molar-refractivity contribution in [2.24, 2.45) is 5.10 Å². The van der Waals surface area contributed by atoms with Crippen LogP contribution in [0.15, 0.2) is 27.8 Å². The van der Waals surface area contributed by atoms with Gasteiger partial charge in [0.15, 0.2) is 5.17 Å². The highest BCUT2D eigenvalue weighted by molar-refractivity contribution is 9.10. The van der Waals surface area contributed by atoms with Crippen LogP contribution in [0.25, 0.3) is 0 Å². The van der Waals surface area contributed by atoms with Crippen LogP contribution in [0.4, 0.5) is 0 Å². The van der Waals surface area contributed by atoms with E-state index in [1.165, 1.54) is 0 Å². The topological polar surface area (TPSA) is 24.4 Å². The normalized spacial score (nSPS) is 20.2. The highest BCUT2D eigenvalue weighted by Gasteiger charge is 2.19. The Morgan fingerprint density at radius 3 is 3.00 bits per heavy atom. The third-order valence-corrected chi connectivity index (χ3v) is 2.90. The van der Waals surface area contributed by atoms with E-state index in [-0.39, 0.29) is 5.50 Å². The third kappa shape index (κ3) is 1.68. The van der Waals surface area contributed by atoms with Crippen LogP contribution in [0, 0.1) is 0 Å². The largest absolute Gasteiger partial charge is 0.286 e. The summed E-state index contributed by atoms with van der Waals surface area (Å²) in [6, 6.07) is 5.73. The summed E-state index contributed by atoms with van der Waals surface area (Å²) < 4.78 is 0.977. The molecule has 0 amide bonds. The van der Waals surface area contributed by atoms with Gasteiger partial charge in [-0.2, -0.15) is 5.10 Å². The van der Waals surface area contributed by atoms with Gasteiger partial charge in [0.25, 0.3) is 0 Å². The van der Waals surface area contributed by atoms with Crippen molar-refractivity contribution in [3.63, 3.8) is 0 Å². The summed E-state index contributed by atoms with van der Waals surface area (Å²) in [6.07, 6.45) is 0. The Labute approximate surface area is 94.0 Å². The molecule has 1 heterocycles. The first kappa shape index (κ1) is 9.31. The first-order valence-electron chi connectivity index (χ1n) is 3.61. The number of hydrazone groups is 1. The fourth-order valence-corrected chi connectivity index (χ4v) is 2.00. The lowest BCUT2D eigenvalue weighted by Crippen LogP contribution is -2.20. The highest BCUT2D eigenvalue weighted by atomic mass is 79.9. The number of nitrogens with one attached hydrogen (secondary N) is 1. The number of benzene rings is 1. The molecule has 0 radical (unpaired) electrons. The molecule has 0 saturated heterocycles. The standard InChI is InChI=1S/C8H5BrCl2N2/c9-4-1-2-5-6(3-4)8(11)13-12-7(5)10/h1-3,8,13H. The number of alkyl halides is 1. The van der Waals surface area contributed by atoms with Crippen LogP contribution < -0.4 is 5.43 Å². The first-order valence-corrected chi connectivity index (χ1v) is 5.22. The van der Waals surface area contributed by atoms with E-state index in [0.717, 1.165) is 15.6 Å². The van der Waals surface area contributed by atoms with Crippen LogP contribution in [0.2, 0.25) is 0 Å². The average Bonchev–Trinajstić information content (AvgIpc) is 2.12. The van der Waals surface area contributed by atoms with E-state index in [1.54, 1.807) is 0 Å². The number of nitrogens with zero attached hydrogens (tertiary/aromatic N) is 1. The molecule has 0 saturated carbocycles. The first-order chi connectivity index (χ1) is 6.18. The Hall–Kier alpha value is -0.250. The van der Waals surface area contributed by atoms with Crippen molar-refractivity contribution >= 4 is 44.3 Å². The highest BCUT2D eigenvalue weighted by Crippen LogP contribution is 2.29. The van der Waals surface area contributed by atoms with Gasteiger partial charge in [-0.05, 0) is 12.1 Å². The molecule has 0 aliphatic carbocycles. The molecule has 1 N–H and O–H groups in total. The predicted octanol–water partition coefficient (Wildman–Crippen LogP) is 3.19. The van der Waals surface area contributed by atoms with Gasteiger partial charge >= 0.3 is 0 Å². The maximum atomic E-state index is 5.99. The predicted molar refractivity (Wildman–Crippen MR) is 58.3 cm³/mol. The van der Waals surface area contributed by atoms with Gasteiger partial charge < -0.3 is 0 Å². The molecule has 1 aromatic rings. The van der Waals surface area contributed by atoms with Crippen molar-refractivity contribution in [3.8, 4) is 0 Å². The third-order valence-electron chi connectivity index (χ3n) is 1.78. The van der Waals surface area contributed by atoms with Gasteiger partial charge in [0.2, 0.25) is 0 Å². The molecule has 13 heavy (non-hydrogen) atoms. The Morgan fingerprint density at radius 2 is 2.23 bits per heavy atom. The minimum Gasteiger partial charge on any atom is -0.286 e. The molecule has 0 aromatic heterocycles. The smallest absolute Gasteiger partial charge is 0.156 e. The number of rotatable bonds is 0. The molecular formula is C8H5BrCl2N2. The lowest BCUT2D eigenvalue weighted by atomic mass is 10.1. The molecule has 0 bridgehead atoms. The number of hydrogen-bond donors (Lipinski definition) is 1. The molecule has 1 aromatic carbocycles. The molecule has 68 valence electrons. The molecule has 0 fully saturated rings. The van der Waals surface area contributed by atoms with Crippen molar-refractivity contribution in [1.29, 1.82) is 0 Å². The lowest BCUT2D eigenvalue weighted by molar-refractivity contribution is 0.704. The molecule has 1 aliphatic heterocycles. The van der Waals surface area contributed by atoms with E-state index in [9.17, 15) is 0 Å². The summed E-state index contributed by atoms with van der Waals surface area (Å²) in [5, 5.41) is 4.31. The maximum Gasteiger partial charge on any atom is 0.156 e. The van der Waals surface area contributed by atoms with E-state index in [4.69, 9.17) is 23.2 Å². The van der Waals surface area contributed by atoms with Gasteiger partial charge in [0.05, 0.1) is 0 Å². The fraction of sp³-hybridized carbons (Fsp3) is 0.125. The Balaban J connectivity index is 2.59. The van der Waals surface area contributed by atoms with Gasteiger partial charge in [-0.1, -0.05) is 45.2 Å². The lowest BCUT2D eigenvalue weighted by Gasteiger charge is -2.19. The minimum absolute atomic E-state index is 0.310. The van der Waals surface area contributed by atoms with Crippen LogP contribution in [-0.4, -0.2) is 5.17 Å². The zero-order valence-electron chi connectivity index (χ0n) is 6.39. The van der Waals surface area contributed by atoms with Crippen molar-refractivity contribution in [1.82, 2.24) is 5.43 Å². The van der Waals surface area contributed by atoms with Crippen LogP contribution >= 0.6 is 39.1 Å². The average molecular weight is 280 g/mol. The second kappa shape index (κ2) is 3.48.